The van der Waals surface area contributed by atoms with Crippen molar-refractivity contribution < 1.29 is 4.39 Å². The molecule has 0 radical (unpaired) electrons. The first-order valence-corrected chi connectivity index (χ1v) is 10.8. The average molecular weight is 450 g/mol. The van der Waals surface area contributed by atoms with Crippen LogP contribution in [0.15, 0.2) is 73.4 Å². The van der Waals surface area contributed by atoms with Crippen LogP contribution in [0.4, 0.5) is 4.39 Å². The number of halogens is 1. The van der Waals surface area contributed by atoms with Crippen molar-refractivity contribution in [2.24, 2.45) is 0 Å². The van der Waals surface area contributed by atoms with Gasteiger partial charge in [-0.3, -0.25) is 20.1 Å². The van der Waals surface area contributed by atoms with Crippen LogP contribution in [0.25, 0.3) is 44.7 Å². The van der Waals surface area contributed by atoms with E-state index < -0.39 is 5.82 Å². The van der Waals surface area contributed by atoms with Crippen molar-refractivity contribution >= 4 is 21.9 Å². The molecule has 0 unspecified atom stereocenters. The third kappa shape index (κ3) is 3.67. The van der Waals surface area contributed by atoms with E-state index in [-0.39, 0.29) is 5.69 Å². The third-order valence-corrected chi connectivity index (χ3v) is 5.62. The van der Waals surface area contributed by atoms with Gasteiger partial charge in [0.25, 0.3) is 0 Å². The van der Waals surface area contributed by atoms with Crippen molar-refractivity contribution in [1.82, 2.24) is 40.4 Å². The zero-order chi connectivity index (χ0) is 22.9. The Morgan fingerprint density at radius 3 is 2.62 bits per heavy atom. The van der Waals surface area contributed by atoms with Crippen LogP contribution in [0, 0.1) is 5.82 Å². The fraction of sp³-hybridized carbons (Fsp3) is 0.0800. The van der Waals surface area contributed by atoms with Crippen LogP contribution in [0.3, 0.4) is 0 Å². The van der Waals surface area contributed by atoms with E-state index in [9.17, 15) is 0 Å². The highest BCUT2D eigenvalue weighted by Gasteiger charge is 2.20. The maximum absolute atomic E-state index is 15.8. The Morgan fingerprint density at radius 2 is 1.74 bits per heavy atom. The van der Waals surface area contributed by atoms with E-state index in [0.717, 1.165) is 23.1 Å². The summed E-state index contributed by atoms with van der Waals surface area (Å²) in [6.45, 7) is 1.33. The molecule has 5 heterocycles. The second-order valence-electron chi connectivity index (χ2n) is 7.93. The second-order valence-corrected chi connectivity index (χ2v) is 7.93. The van der Waals surface area contributed by atoms with Gasteiger partial charge in [0, 0.05) is 37.2 Å². The van der Waals surface area contributed by atoms with E-state index in [2.05, 4.69) is 52.6 Å². The standard InChI is InChI=1S/C25H19FN8/c26-22-21-20(33-34-24(21)25-31-18-6-7-27-13-19(18)32-25)14-30-23(22)17-8-16(11-29-12-17)10-28-9-15-4-2-1-3-5-15/h1-8,11-14,28H,9-10H2,(H,31,32)(H,33,34). The molecule has 0 saturated heterocycles. The number of hydrogen-bond acceptors (Lipinski definition) is 6. The number of pyridine rings is 3. The molecule has 0 atom stereocenters. The van der Waals surface area contributed by atoms with E-state index in [1.807, 2.05) is 24.3 Å². The molecular weight excluding hydrogens is 431 g/mol. The van der Waals surface area contributed by atoms with Crippen molar-refractivity contribution in [2.75, 3.05) is 0 Å². The Morgan fingerprint density at radius 1 is 0.853 bits per heavy atom. The van der Waals surface area contributed by atoms with Gasteiger partial charge in [-0.05, 0) is 23.3 Å². The smallest absolute Gasteiger partial charge is 0.161 e. The Kier molecular flexibility index (Phi) is 5.00. The van der Waals surface area contributed by atoms with Crippen LogP contribution in [0.1, 0.15) is 11.1 Å². The minimum absolute atomic E-state index is 0.213. The molecule has 0 bridgehead atoms. The number of fused-ring (bicyclic) bond motifs is 2. The monoisotopic (exact) mass is 450 g/mol. The van der Waals surface area contributed by atoms with E-state index in [0.29, 0.717) is 34.5 Å². The molecule has 34 heavy (non-hydrogen) atoms. The molecule has 0 aliphatic carbocycles. The van der Waals surface area contributed by atoms with Gasteiger partial charge in [-0.1, -0.05) is 30.3 Å². The van der Waals surface area contributed by atoms with Crippen LogP contribution < -0.4 is 5.32 Å². The van der Waals surface area contributed by atoms with Crippen LogP contribution >= 0.6 is 0 Å². The third-order valence-electron chi connectivity index (χ3n) is 5.62. The van der Waals surface area contributed by atoms with Crippen molar-refractivity contribution in [3.63, 3.8) is 0 Å². The SMILES string of the molecule is Fc1c(-c2cncc(CNCc3ccccc3)c2)ncc2[nH]nc(-c3nc4ccncc4[nH]3)c12. The quantitative estimate of drug-likeness (QED) is 0.347. The molecule has 0 amide bonds. The first kappa shape index (κ1) is 20.1. The zero-order valence-corrected chi connectivity index (χ0v) is 18.0. The Labute approximate surface area is 193 Å². The van der Waals surface area contributed by atoms with Crippen LogP contribution in [0.2, 0.25) is 0 Å². The maximum atomic E-state index is 15.8. The lowest BCUT2D eigenvalue weighted by Crippen LogP contribution is -2.12. The molecule has 0 spiro atoms. The first-order valence-electron chi connectivity index (χ1n) is 10.8. The molecule has 0 fully saturated rings. The van der Waals surface area contributed by atoms with E-state index in [1.165, 1.54) is 5.56 Å². The summed E-state index contributed by atoms with van der Waals surface area (Å²) in [6, 6.07) is 13.8. The van der Waals surface area contributed by atoms with Crippen molar-refractivity contribution in [3.05, 3.63) is 90.4 Å². The molecule has 0 aliphatic rings. The summed E-state index contributed by atoms with van der Waals surface area (Å²) in [4.78, 5) is 20.4. The van der Waals surface area contributed by atoms with E-state index in [4.69, 9.17) is 0 Å². The molecule has 0 aliphatic heterocycles. The van der Waals surface area contributed by atoms with Crippen LogP contribution in [-0.4, -0.2) is 35.1 Å². The summed E-state index contributed by atoms with van der Waals surface area (Å²) in [5.41, 5.74) is 5.30. The summed E-state index contributed by atoms with van der Waals surface area (Å²) in [5.74, 6) is -0.0155. The molecule has 166 valence electrons. The summed E-state index contributed by atoms with van der Waals surface area (Å²) >= 11 is 0. The highest BCUT2D eigenvalue weighted by Crippen LogP contribution is 2.32. The summed E-state index contributed by atoms with van der Waals surface area (Å²) < 4.78 is 15.8. The van der Waals surface area contributed by atoms with Gasteiger partial charge in [-0.2, -0.15) is 5.10 Å². The number of aromatic nitrogens is 7. The lowest BCUT2D eigenvalue weighted by atomic mass is 10.1. The average Bonchev–Trinajstić information content (AvgIpc) is 3.50. The molecule has 8 nitrogen and oxygen atoms in total. The predicted molar refractivity (Wildman–Crippen MR) is 127 cm³/mol. The molecule has 5 aromatic heterocycles. The van der Waals surface area contributed by atoms with Gasteiger partial charge in [0.1, 0.15) is 11.4 Å². The van der Waals surface area contributed by atoms with Crippen molar-refractivity contribution in [3.8, 4) is 22.8 Å². The van der Waals surface area contributed by atoms with Gasteiger partial charge in [0.15, 0.2) is 11.6 Å². The Hall–Kier alpha value is -4.50. The van der Waals surface area contributed by atoms with Crippen LogP contribution in [0.5, 0.6) is 0 Å². The number of aromatic amines is 2. The van der Waals surface area contributed by atoms with Crippen molar-refractivity contribution in [2.45, 2.75) is 13.1 Å². The number of imidazole rings is 1. The van der Waals surface area contributed by atoms with Gasteiger partial charge in [-0.15, -0.1) is 0 Å². The minimum atomic E-state index is -0.476. The highest BCUT2D eigenvalue weighted by molar-refractivity contribution is 5.95. The van der Waals surface area contributed by atoms with Gasteiger partial charge < -0.3 is 10.3 Å². The topological polar surface area (TPSA) is 108 Å². The molecule has 1 aromatic carbocycles. The van der Waals surface area contributed by atoms with Crippen molar-refractivity contribution in [1.29, 1.82) is 0 Å². The number of rotatable bonds is 6. The number of nitrogens with one attached hydrogen (secondary N) is 3. The van der Waals surface area contributed by atoms with Gasteiger partial charge >= 0.3 is 0 Å². The molecule has 3 N–H and O–H groups in total. The fourth-order valence-electron chi connectivity index (χ4n) is 3.98. The van der Waals surface area contributed by atoms with Gasteiger partial charge in [-0.25, -0.2) is 9.37 Å². The largest absolute Gasteiger partial charge is 0.335 e. The number of benzene rings is 1. The Balaban J connectivity index is 1.32. The summed E-state index contributed by atoms with van der Waals surface area (Å²) in [7, 11) is 0. The van der Waals surface area contributed by atoms with E-state index >= 15 is 4.39 Å². The lowest BCUT2D eigenvalue weighted by Gasteiger charge is -2.08. The number of H-pyrrole nitrogens is 2. The lowest BCUT2D eigenvalue weighted by molar-refractivity contribution is 0.638. The molecular formula is C25H19FN8. The summed E-state index contributed by atoms with van der Waals surface area (Å²) in [5, 5.41) is 10.9. The molecule has 9 heteroatoms. The first-order chi connectivity index (χ1) is 16.8. The second kappa shape index (κ2) is 8.45. The fourth-order valence-corrected chi connectivity index (χ4v) is 3.98. The maximum Gasteiger partial charge on any atom is 0.161 e. The molecule has 6 rings (SSSR count). The summed E-state index contributed by atoms with van der Waals surface area (Å²) in [6.07, 6.45) is 8.29. The van der Waals surface area contributed by atoms with E-state index in [1.54, 1.807) is 37.1 Å². The van der Waals surface area contributed by atoms with Gasteiger partial charge in [0.2, 0.25) is 0 Å². The minimum Gasteiger partial charge on any atom is -0.335 e. The Bertz CT molecular complexity index is 1570. The highest BCUT2D eigenvalue weighted by atomic mass is 19.1. The zero-order valence-electron chi connectivity index (χ0n) is 18.0. The number of hydrogen-bond donors (Lipinski definition) is 3. The molecule has 6 aromatic rings. The van der Waals surface area contributed by atoms with Gasteiger partial charge in [0.05, 0.1) is 34.3 Å². The number of nitrogens with zero attached hydrogens (tertiary/aromatic N) is 5. The normalized spacial score (nSPS) is 11.4. The van der Waals surface area contributed by atoms with Crippen LogP contribution in [-0.2, 0) is 13.1 Å². The predicted octanol–water partition coefficient (Wildman–Crippen LogP) is 4.39. The molecule has 0 saturated carbocycles.